The lowest BCUT2D eigenvalue weighted by molar-refractivity contribution is 0.557. The Kier molecular flexibility index (Phi) is 2.58. The van der Waals surface area contributed by atoms with Crippen molar-refractivity contribution in [2.75, 3.05) is 6.54 Å². The van der Waals surface area contributed by atoms with Crippen LogP contribution in [0.5, 0.6) is 0 Å². The van der Waals surface area contributed by atoms with Crippen molar-refractivity contribution in [3.8, 4) is 0 Å². The highest BCUT2D eigenvalue weighted by molar-refractivity contribution is 5.32. The molecule has 0 aliphatic heterocycles. The van der Waals surface area contributed by atoms with Crippen molar-refractivity contribution in [2.45, 2.75) is 13.5 Å². The summed E-state index contributed by atoms with van der Waals surface area (Å²) < 4.78 is 1.79. The fourth-order valence-electron chi connectivity index (χ4n) is 0.823. The Morgan fingerprint density at radius 1 is 1.82 bits per heavy atom. The molecule has 0 aromatic carbocycles. The molecule has 0 saturated heterocycles. The first kappa shape index (κ1) is 7.69. The number of hydrogen-bond donors (Lipinski definition) is 0. The molecule has 1 aromatic heterocycles. The molecule has 0 unspecified atom stereocenters. The molecule has 0 radical (unpaired) electrons. The van der Waals surface area contributed by atoms with Gasteiger partial charge in [-0.15, -0.1) is 0 Å². The molecular formula is C7H9N3O. The van der Waals surface area contributed by atoms with Crippen LogP contribution in [0.25, 0.3) is 0 Å². The average Bonchev–Trinajstić information content (AvgIpc) is 2.37. The van der Waals surface area contributed by atoms with Gasteiger partial charge in [-0.3, -0.25) is 4.68 Å². The summed E-state index contributed by atoms with van der Waals surface area (Å²) in [6, 6.07) is 1.91. The fourth-order valence-corrected chi connectivity index (χ4v) is 0.823. The Morgan fingerprint density at radius 3 is 3.18 bits per heavy atom. The molecule has 0 bridgehead atoms. The normalized spacial score (nSPS) is 9.18. The van der Waals surface area contributed by atoms with Gasteiger partial charge in [0.05, 0.1) is 13.1 Å². The van der Waals surface area contributed by atoms with Gasteiger partial charge in [-0.05, 0) is 13.0 Å². The number of aliphatic imine (C=N–C) groups is 1. The standard InChI is InChI=1S/C7H9N3O/c1-7-2-3-9-10(7)5-4-8-6-11/h2-3H,4-5H2,1H3. The van der Waals surface area contributed by atoms with E-state index in [1.165, 1.54) is 6.08 Å². The number of nitrogens with zero attached hydrogens (tertiary/aromatic N) is 3. The SMILES string of the molecule is Cc1ccnn1CCN=C=O. The Labute approximate surface area is 64.6 Å². The van der Waals surface area contributed by atoms with Gasteiger partial charge in [0.1, 0.15) is 0 Å². The monoisotopic (exact) mass is 151 g/mol. The number of carbonyl (C=O) groups excluding carboxylic acids is 1. The number of aromatic nitrogens is 2. The van der Waals surface area contributed by atoms with Crippen LogP contribution in [0, 0.1) is 6.92 Å². The third kappa shape index (κ3) is 2.02. The summed E-state index contributed by atoms with van der Waals surface area (Å²) >= 11 is 0. The van der Waals surface area contributed by atoms with Crippen LogP contribution in [-0.2, 0) is 11.3 Å². The molecule has 11 heavy (non-hydrogen) atoms. The highest BCUT2D eigenvalue weighted by atomic mass is 16.1. The van der Waals surface area contributed by atoms with E-state index in [0.717, 1.165) is 5.69 Å². The Hall–Kier alpha value is -1.41. The molecule has 1 heterocycles. The van der Waals surface area contributed by atoms with E-state index in [2.05, 4.69) is 10.1 Å². The zero-order chi connectivity index (χ0) is 8.10. The molecule has 58 valence electrons. The number of rotatable bonds is 3. The lowest BCUT2D eigenvalue weighted by Crippen LogP contribution is -2.04. The summed E-state index contributed by atoms with van der Waals surface area (Å²) in [4.78, 5) is 13.1. The van der Waals surface area contributed by atoms with Crippen molar-refractivity contribution in [1.82, 2.24) is 9.78 Å². The second kappa shape index (κ2) is 3.68. The van der Waals surface area contributed by atoms with Crippen LogP contribution in [0.15, 0.2) is 17.3 Å². The number of hydrogen-bond acceptors (Lipinski definition) is 3. The van der Waals surface area contributed by atoms with E-state index in [0.29, 0.717) is 13.1 Å². The second-order valence-electron chi connectivity index (χ2n) is 2.17. The largest absolute Gasteiger partial charge is 0.268 e. The van der Waals surface area contributed by atoms with E-state index in [1.54, 1.807) is 10.9 Å². The summed E-state index contributed by atoms with van der Waals surface area (Å²) in [5.41, 5.74) is 1.08. The summed E-state index contributed by atoms with van der Waals surface area (Å²) in [5, 5.41) is 4.01. The highest BCUT2D eigenvalue weighted by Gasteiger charge is 1.93. The minimum absolute atomic E-state index is 0.450. The Balaban J connectivity index is 2.50. The van der Waals surface area contributed by atoms with Crippen LogP contribution < -0.4 is 0 Å². The van der Waals surface area contributed by atoms with Crippen molar-refractivity contribution < 1.29 is 4.79 Å². The predicted molar refractivity (Wildman–Crippen MR) is 40.0 cm³/mol. The molecule has 0 saturated carbocycles. The molecule has 1 rings (SSSR count). The first-order chi connectivity index (χ1) is 5.34. The van der Waals surface area contributed by atoms with E-state index >= 15 is 0 Å². The maximum Gasteiger partial charge on any atom is 0.235 e. The zero-order valence-electron chi connectivity index (χ0n) is 6.32. The molecule has 0 fully saturated rings. The molecule has 0 atom stereocenters. The lowest BCUT2D eigenvalue weighted by atomic mass is 10.5. The van der Waals surface area contributed by atoms with E-state index in [4.69, 9.17) is 0 Å². The molecule has 0 amide bonds. The van der Waals surface area contributed by atoms with E-state index in [1.807, 2.05) is 13.0 Å². The van der Waals surface area contributed by atoms with Crippen LogP contribution in [0.2, 0.25) is 0 Å². The van der Waals surface area contributed by atoms with Crippen molar-refractivity contribution in [3.05, 3.63) is 18.0 Å². The van der Waals surface area contributed by atoms with Gasteiger partial charge in [-0.1, -0.05) is 0 Å². The maximum absolute atomic E-state index is 9.70. The van der Waals surface area contributed by atoms with Gasteiger partial charge in [0.2, 0.25) is 6.08 Å². The van der Waals surface area contributed by atoms with Crippen molar-refractivity contribution in [3.63, 3.8) is 0 Å². The van der Waals surface area contributed by atoms with Crippen LogP contribution in [-0.4, -0.2) is 22.4 Å². The molecule has 0 aliphatic rings. The number of isocyanates is 1. The molecule has 1 aromatic rings. The minimum atomic E-state index is 0.450. The first-order valence-electron chi connectivity index (χ1n) is 3.36. The maximum atomic E-state index is 9.70. The molecule has 0 aliphatic carbocycles. The summed E-state index contributed by atoms with van der Waals surface area (Å²) in [5.74, 6) is 0. The van der Waals surface area contributed by atoms with Gasteiger partial charge in [-0.2, -0.15) is 5.10 Å². The van der Waals surface area contributed by atoms with Crippen molar-refractivity contribution in [1.29, 1.82) is 0 Å². The topological polar surface area (TPSA) is 47.2 Å². The zero-order valence-corrected chi connectivity index (χ0v) is 6.32. The van der Waals surface area contributed by atoms with Crippen molar-refractivity contribution in [2.24, 2.45) is 4.99 Å². The summed E-state index contributed by atoms with van der Waals surface area (Å²) in [6.45, 7) is 3.05. The Morgan fingerprint density at radius 2 is 2.64 bits per heavy atom. The van der Waals surface area contributed by atoms with Gasteiger partial charge in [-0.25, -0.2) is 9.79 Å². The Bertz CT molecular complexity index is 273. The van der Waals surface area contributed by atoms with Crippen LogP contribution >= 0.6 is 0 Å². The van der Waals surface area contributed by atoms with Gasteiger partial charge < -0.3 is 0 Å². The molecular weight excluding hydrogens is 142 g/mol. The molecule has 4 heteroatoms. The predicted octanol–water partition coefficient (Wildman–Crippen LogP) is 0.527. The summed E-state index contributed by atoms with van der Waals surface area (Å²) in [6.07, 6.45) is 3.21. The lowest BCUT2D eigenvalue weighted by Gasteiger charge is -1.98. The van der Waals surface area contributed by atoms with Crippen LogP contribution in [0.4, 0.5) is 0 Å². The van der Waals surface area contributed by atoms with Crippen LogP contribution in [0.1, 0.15) is 5.69 Å². The first-order valence-corrected chi connectivity index (χ1v) is 3.36. The average molecular weight is 151 g/mol. The third-order valence-corrected chi connectivity index (χ3v) is 1.42. The minimum Gasteiger partial charge on any atom is -0.268 e. The van der Waals surface area contributed by atoms with Crippen LogP contribution in [0.3, 0.4) is 0 Å². The van der Waals surface area contributed by atoms with E-state index in [9.17, 15) is 4.79 Å². The quantitative estimate of drug-likeness (QED) is 0.467. The fraction of sp³-hybridized carbons (Fsp3) is 0.429. The van der Waals surface area contributed by atoms with Gasteiger partial charge in [0, 0.05) is 11.9 Å². The molecule has 0 spiro atoms. The molecule has 0 N–H and O–H groups in total. The van der Waals surface area contributed by atoms with Crippen molar-refractivity contribution >= 4 is 6.08 Å². The third-order valence-electron chi connectivity index (χ3n) is 1.42. The van der Waals surface area contributed by atoms with E-state index in [-0.39, 0.29) is 0 Å². The smallest absolute Gasteiger partial charge is 0.235 e. The van der Waals surface area contributed by atoms with Gasteiger partial charge in [0.25, 0.3) is 0 Å². The molecule has 4 nitrogen and oxygen atoms in total. The van der Waals surface area contributed by atoms with Gasteiger partial charge in [0.15, 0.2) is 0 Å². The highest BCUT2D eigenvalue weighted by Crippen LogP contribution is 1.94. The van der Waals surface area contributed by atoms with E-state index < -0.39 is 0 Å². The number of aryl methyl sites for hydroxylation is 1. The second-order valence-corrected chi connectivity index (χ2v) is 2.17. The van der Waals surface area contributed by atoms with Gasteiger partial charge >= 0.3 is 0 Å². The summed E-state index contributed by atoms with van der Waals surface area (Å²) in [7, 11) is 0.